The average Bonchev–Trinajstić information content (AvgIpc) is 2.67. The zero-order chi connectivity index (χ0) is 17.6. The number of rotatable bonds is 6. The maximum atomic E-state index is 12.4. The lowest BCUT2D eigenvalue weighted by atomic mass is 9.97. The first-order valence-corrected chi connectivity index (χ1v) is 8.14. The Morgan fingerprint density at radius 2 is 1.56 bits per heavy atom. The number of carbonyl (C=O) groups is 2. The predicted octanol–water partition coefficient (Wildman–Crippen LogP) is 2.95. The molecule has 1 amide bonds. The van der Waals surface area contributed by atoms with Crippen molar-refractivity contribution in [3.05, 3.63) is 83.9 Å². The van der Waals surface area contributed by atoms with Gasteiger partial charge in [-0.3, -0.25) is 9.59 Å². The van der Waals surface area contributed by atoms with Gasteiger partial charge in [0.05, 0.1) is 6.61 Å². The van der Waals surface area contributed by atoms with E-state index in [1.54, 1.807) is 30.3 Å². The third-order valence-electron chi connectivity index (χ3n) is 4.15. The van der Waals surface area contributed by atoms with Crippen LogP contribution >= 0.6 is 0 Å². The highest BCUT2D eigenvalue weighted by Crippen LogP contribution is 2.16. The molecule has 0 aliphatic heterocycles. The highest BCUT2D eigenvalue weighted by atomic mass is 16.3. The summed E-state index contributed by atoms with van der Waals surface area (Å²) in [5.74, 6) is -1.94. The molecule has 0 bridgehead atoms. The lowest BCUT2D eigenvalue weighted by Gasteiger charge is -2.14. The molecule has 0 heterocycles. The van der Waals surface area contributed by atoms with Crippen LogP contribution in [0.5, 0.6) is 0 Å². The minimum absolute atomic E-state index is 0.308. The number of hydrogen-bond acceptors (Lipinski definition) is 3. The molecule has 3 rings (SSSR count). The fraction of sp³-hybridized carbons (Fsp3) is 0.143. The molecule has 0 radical (unpaired) electrons. The van der Waals surface area contributed by atoms with Gasteiger partial charge in [-0.05, 0) is 22.4 Å². The summed E-state index contributed by atoms with van der Waals surface area (Å²) in [6.45, 7) is -0.209. The zero-order valence-corrected chi connectivity index (χ0v) is 13.7. The highest BCUT2D eigenvalue weighted by molar-refractivity contribution is 6.10. The number of hydrogen-bond donors (Lipinski definition) is 2. The molecule has 0 spiro atoms. The summed E-state index contributed by atoms with van der Waals surface area (Å²) in [6, 6.07) is 22.5. The van der Waals surface area contributed by atoms with Crippen LogP contribution in [-0.4, -0.2) is 23.4 Å². The Morgan fingerprint density at radius 3 is 2.28 bits per heavy atom. The molecule has 0 fully saturated rings. The van der Waals surface area contributed by atoms with Crippen LogP contribution in [0.1, 0.15) is 15.9 Å². The fourth-order valence-corrected chi connectivity index (χ4v) is 2.75. The van der Waals surface area contributed by atoms with E-state index < -0.39 is 18.4 Å². The smallest absolute Gasteiger partial charge is 0.233 e. The number of fused-ring (bicyclic) bond motifs is 1. The molecule has 1 unspecified atom stereocenters. The van der Waals surface area contributed by atoms with Gasteiger partial charge in [0.25, 0.3) is 0 Å². The third-order valence-corrected chi connectivity index (χ3v) is 4.15. The van der Waals surface area contributed by atoms with Crippen LogP contribution in [0.2, 0.25) is 0 Å². The van der Waals surface area contributed by atoms with Crippen molar-refractivity contribution in [2.24, 2.45) is 5.92 Å². The van der Waals surface area contributed by atoms with E-state index in [4.69, 9.17) is 0 Å². The van der Waals surface area contributed by atoms with Gasteiger partial charge in [0.2, 0.25) is 5.91 Å². The topological polar surface area (TPSA) is 66.4 Å². The van der Waals surface area contributed by atoms with Crippen molar-refractivity contribution in [3.63, 3.8) is 0 Å². The lowest BCUT2D eigenvalue weighted by Crippen LogP contribution is -2.37. The van der Waals surface area contributed by atoms with Gasteiger partial charge >= 0.3 is 0 Å². The first-order chi connectivity index (χ1) is 12.2. The molecule has 2 N–H and O–H groups in total. The van der Waals surface area contributed by atoms with E-state index in [9.17, 15) is 14.7 Å². The predicted molar refractivity (Wildman–Crippen MR) is 97.1 cm³/mol. The van der Waals surface area contributed by atoms with Gasteiger partial charge in [0.15, 0.2) is 5.78 Å². The molecule has 0 aromatic heterocycles. The van der Waals surface area contributed by atoms with E-state index in [-0.39, 0.29) is 5.78 Å². The molecule has 1 atom stereocenters. The van der Waals surface area contributed by atoms with Crippen LogP contribution in [0.25, 0.3) is 10.8 Å². The van der Waals surface area contributed by atoms with Crippen LogP contribution in [-0.2, 0) is 11.3 Å². The number of benzene rings is 3. The fourth-order valence-electron chi connectivity index (χ4n) is 2.75. The lowest BCUT2D eigenvalue weighted by molar-refractivity contribution is -0.124. The Hall–Kier alpha value is -2.98. The number of nitrogens with one attached hydrogen (secondary N) is 1. The molecule has 25 heavy (non-hydrogen) atoms. The molecule has 126 valence electrons. The molecule has 4 nitrogen and oxygen atoms in total. The van der Waals surface area contributed by atoms with E-state index in [1.807, 2.05) is 42.5 Å². The SMILES string of the molecule is O=C(NCc1ccc2ccccc2c1)C(CO)C(=O)c1ccccc1. The maximum Gasteiger partial charge on any atom is 0.233 e. The van der Waals surface area contributed by atoms with Gasteiger partial charge in [-0.2, -0.15) is 0 Å². The van der Waals surface area contributed by atoms with Crippen molar-refractivity contribution in [2.45, 2.75) is 6.54 Å². The maximum absolute atomic E-state index is 12.4. The van der Waals surface area contributed by atoms with Crippen molar-refractivity contribution < 1.29 is 14.7 Å². The number of carbonyl (C=O) groups excluding carboxylic acids is 2. The summed E-state index contributed by atoms with van der Waals surface area (Å²) >= 11 is 0. The summed E-state index contributed by atoms with van der Waals surface area (Å²) in [5, 5.41) is 14.5. The molecular formula is C21H19NO3. The molecule has 0 aliphatic carbocycles. The van der Waals surface area contributed by atoms with Crippen molar-refractivity contribution in [3.8, 4) is 0 Å². The first kappa shape index (κ1) is 16.9. The van der Waals surface area contributed by atoms with Gasteiger partial charge in [-0.1, -0.05) is 66.7 Å². The molecule has 0 saturated heterocycles. The highest BCUT2D eigenvalue weighted by Gasteiger charge is 2.26. The number of Topliss-reactive ketones (excluding diaryl/α,β-unsaturated/α-hetero) is 1. The molecule has 4 heteroatoms. The standard InChI is InChI=1S/C21H19NO3/c23-14-19(20(24)17-7-2-1-3-8-17)21(25)22-13-15-10-11-16-6-4-5-9-18(16)12-15/h1-12,19,23H,13-14H2,(H,22,25). The third kappa shape index (κ3) is 3.92. The van der Waals surface area contributed by atoms with Gasteiger partial charge in [0.1, 0.15) is 5.92 Å². The van der Waals surface area contributed by atoms with Crippen molar-refractivity contribution in [1.29, 1.82) is 0 Å². The monoisotopic (exact) mass is 333 g/mol. The minimum atomic E-state index is -1.09. The van der Waals surface area contributed by atoms with E-state index in [1.165, 1.54) is 0 Å². The Kier molecular flexibility index (Phi) is 5.21. The van der Waals surface area contributed by atoms with E-state index in [2.05, 4.69) is 5.32 Å². The van der Waals surface area contributed by atoms with Crippen molar-refractivity contribution in [1.82, 2.24) is 5.32 Å². The van der Waals surface area contributed by atoms with Crippen LogP contribution in [0.4, 0.5) is 0 Å². The Balaban J connectivity index is 1.68. The van der Waals surface area contributed by atoms with Crippen LogP contribution in [0.15, 0.2) is 72.8 Å². The number of aliphatic hydroxyl groups excluding tert-OH is 1. The second-order valence-electron chi connectivity index (χ2n) is 5.86. The summed E-state index contributed by atoms with van der Waals surface area (Å²) < 4.78 is 0. The summed E-state index contributed by atoms with van der Waals surface area (Å²) in [7, 11) is 0. The van der Waals surface area contributed by atoms with Gasteiger partial charge < -0.3 is 10.4 Å². The summed E-state index contributed by atoms with van der Waals surface area (Å²) in [6.07, 6.45) is 0. The van der Waals surface area contributed by atoms with Crippen LogP contribution in [0, 0.1) is 5.92 Å². The summed E-state index contributed by atoms with van der Waals surface area (Å²) in [5.41, 5.74) is 1.36. The largest absolute Gasteiger partial charge is 0.395 e. The van der Waals surface area contributed by atoms with E-state index in [0.717, 1.165) is 16.3 Å². The minimum Gasteiger partial charge on any atom is -0.395 e. The average molecular weight is 333 g/mol. The molecule has 0 aliphatic rings. The quantitative estimate of drug-likeness (QED) is 0.538. The Bertz CT molecular complexity index is 890. The van der Waals surface area contributed by atoms with Gasteiger partial charge in [0, 0.05) is 12.1 Å². The van der Waals surface area contributed by atoms with Gasteiger partial charge in [-0.15, -0.1) is 0 Å². The molecule has 3 aromatic carbocycles. The van der Waals surface area contributed by atoms with E-state index >= 15 is 0 Å². The number of amides is 1. The van der Waals surface area contributed by atoms with Crippen LogP contribution in [0.3, 0.4) is 0 Å². The Labute approximate surface area is 146 Å². The van der Waals surface area contributed by atoms with Gasteiger partial charge in [-0.25, -0.2) is 0 Å². The normalized spacial score (nSPS) is 11.9. The summed E-state index contributed by atoms with van der Waals surface area (Å²) in [4.78, 5) is 24.7. The second kappa shape index (κ2) is 7.73. The van der Waals surface area contributed by atoms with Crippen molar-refractivity contribution in [2.75, 3.05) is 6.61 Å². The molecule has 3 aromatic rings. The van der Waals surface area contributed by atoms with E-state index in [0.29, 0.717) is 12.1 Å². The number of aliphatic hydroxyl groups is 1. The number of ketones is 1. The Morgan fingerprint density at radius 1 is 0.880 bits per heavy atom. The second-order valence-corrected chi connectivity index (χ2v) is 5.86. The molecule has 0 saturated carbocycles. The first-order valence-electron chi connectivity index (χ1n) is 8.14. The molecular weight excluding hydrogens is 314 g/mol. The zero-order valence-electron chi connectivity index (χ0n) is 13.7. The van der Waals surface area contributed by atoms with Crippen molar-refractivity contribution >= 4 is 22.5 Å². The van der Waals surface area contributed by atoms with Crippen LogP contribution < -0.4 is 5.32 Å².